The molecule has 1 aromatic rings. The maximum atomic E-state index is 5.91. The van der Waals surface area contributed by atoms with Crippen molar-refractivity contribution >= 4 is 23.0 Å². The van der Waals surface area contributed by atoms with Crippen LogP contribution in [0.2, 0.25) is 0 Å². The first kappa shape index (κ1) is 15.3. The van der Waals surface area contributed by atoms with E-state index in [9.17, 15) is 0 Å². The first-order valence-corrected chi connectivity index (χ1v) is 7.47. The van der Waals surface area contributed by atoms with Gasteiger partial charge < -0.3 is 15.4 Å². The van der Waals surface area contributed by atoms with Gasteiger partial charge in [0.25, 0.3) is 0 Å². The minimum absolute atomic E-state index is 0.413. The van der Waals surface area contributed by atoms with Gasteiger partial charge in [-0.1, -0.05) is 12.2 Å². The molecule has 112 valence electrons. The standard InChI is InChI=1S/C14H24N4OS/c1-9-12(13(15)20)14(17(3)16-9)18(7-8-19-4)10(2)11-5-6-11/h10-11H,5-8H2,1-4H3,(H2,15,20). The van der Waals surface area contributed by atoms with Crippen LogP contribution in [-0.2, 0) is 11.8 Å². The van der Waals surface area contributed by atoms with Crippen molar-refractivity contribution in [1.82, 2.24) is 9.78 Å². The minimum atomic E-state index is 0.413. The fourth-order valence-electron chi connectivity index (χ4n) is 2.79. The minimum Gasteiger partial charge on any atom is -0.389 e. The molecule has 0 amide bonds. The number of aryl methyl sites for hydroxylation is 2. The zero-order chi connectivity index (χ0) is 14.9. The molecule has 1 heterocycles. The average Bonchev–Trinajstić information content (AvgIpc) is 3.16. The Kier molecular flexibility index (Phi) is 4.65. The number of nitrogens with zero attached hydrogens (tertiary/aromatic N) is 3. The van der Waals surface area contributed by atoms with E-state index in [4.69, 9.17) is 22.7 Å². The largest absolute Gasteiger partial charge is 0.389 e. The molecule has 1 fully saturated rings. The summed E-state index contributed by atoms with van der Waals surface area (Å²) in [6.45, 7) is 5.72. The number of hydrogen-bond donors (Lipinski definition) is 1. The smallest absolute Gasteiger partial charge is 0.137 e. The Morgan fingerprint density at radius 1 is 1.60 bits per heavy atom. The second-order valence-corrected chi connectivity index (χ2v) is 5.98. The van der Waals surface area contributed by atoms with Crippen molar-refractivity contribution in [2.24, 2.45) is 18.7 Å². The topological polar surface area (TPSA) is 56.3 Å². The molecule has 1 aliphatic carbocycles. The summed E-state index contributed by atoms with van der Waals surface area (Å²) < 4.78 is 7.14. The lowest BCUT2D eigenvalue weighted by Crippen LogP contribution is -2.39. The number of anilines is 1. The number of ether oxygens (including phenoxy) is 1. The summed E-state index contributed by atoms with van der Waals surface area (Å²) in [5.41, 5.74) is 7.69. The van der Waals surface area contributed by atoms with Crippen LogP contribution in [0.4, 0.5) is 5.82 Å². The van der Waals surface area contributed by atoms with Crippen molar-refractivity contribution in [3.05, 3.63) is 11.3 Å². The van der Waals surface area contributed by atoms with Crippen LogP contribution in [0.3, 0.4) is 0 Å². The fraction of sp³-hybridized carbons (Fsp3) is 0.714. The number of methoxy groups -OCH3 is 1. The van der Waals surface area contributed by atoms with E-state index in [0.29, 0.717) is 17.6 Å². The lowest BCUT2D eigenvalue weighted by Gasteiger charge is -2.32. The predicted octanol–water partition coefficient (Wildman–Crippen LogP) is 1.61. The summed E-state index contributed by atoms with van der Waals surface area (Å²) in [7, 11) is 3.67. The normalized spacial score (nSPS) is 16.2. The monoisotopic (exact) mass is 296 g/mol. The molecular weight excluding hydrogens is 272 g/mol. The SMILES string of the molecule is COCCN(c1c(C(N)=S)c(C)nn1C)C(C)C1CC1. The van der Waals surface area contributed by atoms with Crippen LogP contribution >= 0.6 is 12.2 Å². The van der Waals surface area contributed by atoms with Crippen molar-refractivity contribution in [3.63, 3.8) is 0 Å². The second kappa shape index (κ2) is 6.10. The summed E-state index contributed by atoms with van der Waals surface area (Å²) in [5.74, 6) is 1.77. The number of nitrogens with two attached hydrogens (primary N) is 1. The van der Waals surface area contributed by atoms with Gasteiger partial charge in [-0.2, -0.15) is 5.10 Å². The van der Waals surface area contributed by atoms with Gasteiger partial charge in [0.1, 0.15) is 10.8 Å². The van der Waals surface area contributed by atoms with Crippen LogP contribution in [0.15, 0.2) is 0 Å². The number of rotatable bonds is 7. The van der Waals surface area contributed by atoms with Gasteiger partial charge in [0.05, 0.1) is 17.9 Å². The highest BCUT2D eigenvalue weighted by molar-refractivity contribution is 7.80. The second-order valence-electron chi connectivity index (χ2n) is 5.54. The first-order valence-electron chi connectivity index (χ1n) is 7.06. The van der Waals surface area contributed by atoms with Gasteiger partial charge >= 0.3 is 0 Å². The quantitative estimate of drug-likeness (QED) is 0.775. The Morgan fingerprint density at radius 2 is 2.25 bits per heavy atom. The molecule has 0 aromatic carbocycles. The van der Waals surface area contributed by atoms with Crippen LogP contribution in [0, 0.1) is 12.8 Å². The van der Waals surface area contributed by atoms with Crippen LogP contribution in [0.25, 0.3) is 0 Å². The molecule has 1 aromatic heterocycles. The molecule has 6 heteroatoms. The Labute approximate surface area is 126 Å². The first-order chi connectivity index (χ1) is 9.47. The molecule has 0 aliphatic heterocycles. The van der Waals surface area contributed by atoms with E-state index < -0.39 is 0 Å². The zero-order valence-electron chi connectivity index (χ0n) is 12.7. The van der Waals surface area contributed by atoms with Crippen molar-refractivity contribution in [1.29, 1.82) is 0 Å². The van der Waals surface area contributed by atoms with E-state index >= 15 is 0 Å². The highest BCUT2D eigenvalue weighted by Crippen LogP contribution is 2.38. The summed E-state index contributed by atoms with van der Waals surface area (Å²) in [6.07, 6.45) is 2.59. The third kappa shape index (κ3) is 2.96. The lowest BCUT2D eigenvalue weighted by atomic mass is 10.1. The maximum absolute atomic E-state index is 5.91. The Bertz CT molecular complexity index is 496. The highest BCUT2D eigenvalue weighted by Gasteiger charge is 2.34. The van der Waals surface area contributed by atoms with E-state index in [-0.39, 0.29) is 0 Å². The molecule has 1 saturated carbocycles. The van der Waals surface area contributed by atoms with Crippen molar-refractivity contribution in [2.75, 3.05) is 25.2 Å². The molecule has 2 rings (SSSR count). The molecule has 5 nitrogen and oxygen atoms in total. The number of thiocarbonyl (C=S) groups is 1. The summed E-state index contributed by atoms with van der Waals surface area (Å²) in [6, 6.07) is 0.452. The van der Waals surface area contributed by atoms with Crippen molar-refractivity contribution < 1.29 is 4.74 Å². The van der Waals surface area contributed by atoms with Crippen LogP contribution in [0.1, 0.15) is 31.0 Å². The third-order valence-corrected chi connectivity index (χ3v) is 4.25. The van der Waals surface area contributed by atoms with E-state index in [0.717, 1.165) is 29.5 Å². The molecule has 0 radical (unpaired) electrons. The summed E-state index contributed by atoms with van der Waals surface area (Å²) in [4.78, 5) is 2.76. The van der Waals surface area contributed by atoms with Gasteiger partial charge in [0.15, 0.2) is 0 Å². The lowest BCUT2D eigenvalue weighted by molar-refractivity contribution is 0.202. The third-order valence-electron chi connectivity index (χ3n) is 4.04. The molecule has 1 aliphatic rings. The van der Waals surface area contributed by atoms with E-state index in [2.05, 4.69) is 16.9 Å². The predicted molar refractivity (Wildman–Crippen MR) is 85.2 cm³/mol. The van der Waals surface area contributed by atoms with Gasteiger partial charge in [0, 0.05) is 26.7 Å². The van der Waals surface area contributed by atoms with Crippen molar-refractivity contribution in [2.45, 2.75) is 32.7 Å². The van der Waals surface area contributed by atoms with Gasteiger partial charge in [-0.05, 0) is 32.6 Å². The molecule has 0 spiro atoms. The molecule has 0 bridgehead atoms. The number of aromatic nitrogens is 2. The molecule has 1 unspecified atom stereocenters. The van der Waals surface area contributed by atoms with Crippen LogP contribution in [0.5, 0.6) is 0 Å². The Balaban J connectivity index is 2.38. The van der Waals surface area contributed by atoms with Crippen molar-refractivity contribution in [3.8, 4) is 0 Å². The average molecular weight is 296 g/mol. The number of hydrogen-bond acceptors (Lipinski definition) is 4. The maximum Gasteiger partial charge on any atom is 0.137 e. The van der Waals surface area contributed by atoms with E-state index in [1.165, 1.54) is 12.8 Å². The molecular formula is C14H24N4OS. The van der Waals surface area contributed by atoms with Gasteiger partial charge in [-0.25, -0.2) is 0 Å². The highest BCUT2D eigenvalue weighted by atomic mass is 32.1. The Hall–Kier alpha value is -1.14. The van der Waals surface area contributed by atoms with Crippen LogP contribution in [-0.4, -0.2) is 41.1 Å². The zero-order valence-corrected chi connectivity index (χ0v) is 13.5. The van der Waals surface area contributed by atoms with Gasteiger partial charge in [0.2, 0.25) is 0 Å². The van der Waals surface area contributed by atoms with Gasteiger partial charge in [-0.3, -0.25) is 4.68 Å². The summed E-state index contributed by atoms with van der Waals surface area (Å²) >= 11 is 5.22. The molecule has 1 atom stereocenters. The molecule has 2 N–H and O–H groups in total. The fourth-order valence-corrected chi connectivity index (χ4v) is 3.03. The van der Waals surface area contributed by atoms with E-state index in [1.807, 2.05) is 18.7 Å². The van der Waals surface area contributed by atoms with E-state index in [1.54, 1.807) is 7.11 Å². The summed E-state index contributed by atoms with van der Waals surface area (Å²) in [5, 5.41) is 4.49. The molecule has 0 saturated heterocycles. The molecule has 20 heavy (non-hydrogen) atoms. The Morgan fingerprint density at radius 3 is 2.75 bits per heavy atom. The van der Waals surface area contributed by atoms with Gasteiger partial charge in [-0.15, -0.1) is 0 Å². The van der Waals surface area contributed by atoms with Crippen LogP contribution < -0.4 is 10.6 Å².